The molecule has 0 unspecified atom stereocenters. The molecule has 0 bridgehead atoms. The lowest BCUT2D eigenvalue weighted by atomic mass is 9.90. The van der Waals surface area contributed by atoms with Crippen LogP contribution < -0.4 is 10.8 Å². The molecule has 30 heavy (non-hydrogen) atoms. The Kier molecular flexibility index (Phi) is 6.32. The number of aliphatic hydroxyl groups is 2. The van der Waals surface area contributed by atoms with E-state index in [2.05, 4.69) is 5.32 Å². The third-order valence-corrected chi connectivity index (χ3v) is 6.83. The maximum atomic E-state index is 12.9. The van der Waals surface area contributed by atoms with E-state index in [-0.39, 0.29) is 42.9 Å². The summed E-state index contributed by atoms with van der Waals surface area (Å²) in [5, 5.41) is 31.0. The van der Waals surface area contributed by atoms with Crippen molar-refractivity contribution >= 4 is 46.6 Å². The number of amides is 1. The number of hydrogen-bond donors (Lipinski definition) is 4. The van der Waals surface area contributed by atoms with Crippen LogP contribution in [0.4, 0.5) is 5.69 Å². The number of aromatic hydroxyl groups is 1. The Morgan fingerprint density at radius 2 is 1.80 bits per heavy atom. The van der Waals surface area contributed by atoms with Gasteiger partial charge in [0.1, 0.15) is 13.6 Å². The van der Waals surface area contributed by atoms with E-state index in [0.29, 0.717) is 33.4 Å². The van der Waals surface area contributed by atoms with Crippen LogP contribution in [0.3, 0.4) is 0 Å². The van der Waals surface area contributed by atoms with Crippen LogP contribution in [0.2, 0.25) is 0 Å². The van der Waals surface area contributed by atoms with Crippen molar-refractivity contribution in [3.05, 3.63) is 47.0 Å². The van der Waals surface area contributed by atoms with Gasteiger partial charge in [-0.15, -0.1) is 0 Å². The quantitative estimate of drug-likeness (QED) is 0.344. The number of aliphatic hydroxyl groups excluding tert-OH is 2. The van der Waals surface area contributed by atoms with Crippen LogP contribution in [0.25, 0.3) is 11.6 Å². The van der Waals surface area contributed by atoms with Crippen molar-refractivity contribution in [1.82, 2.24) is 4.31 Å². The van der Waals surface area contributed by atoms with Crippen LogP contribution in [0.5, 0.6) is 5.75 Å². The molecule has 0 aromatic heterocycles. The highest BCUT2D eigenvalue weighted by Gasteiger charge is 2.29. The van der Waals surface area contributed by atoms with Crippen molar-refractivity contribution in [2.75, 3.05) is 31.6 Å². The van der Waals surface area contributed by atoms with Gasteiger partial charge in [-0.2, -0.15) is 4.31 Å². The molecule has 158 valence electrons. The first kappa shape index (κ1) is 22.0. The molecule has 10 heteroatoms. The summed E-state index contributed by atoms with van der Waals surface area (Å²) in [6, 6.07) is 7.80. The average molecular weight is 430 g/mol. The fourth-order valence-electron chi connectivity index (χ4n) is 3.43. The molecule has 0 spiro atoms. The molecule has 1 heterocycles. The zero-order valence-corrected chi connectivity index (χ0v) is 17.5. The zero-order valence-electron chi connectivity index (χ0n) is 16.7. The van der Waals surface area contributed by atoms with E-state index >= 15 is 0 Å². The minimum Gasteiger partial charge on any atom is -0.508 e. The number of phenols is 1. The largest absolute Gasteiger partial charge is 0.508 e. The third-order valence-electron chi connectivity index (χ3n) is 4.94. The number of benzene rings is 2. The third kappa shape index (κ3) is 4.13. The molecule has 1 aliphatic rings. The molecular weight excluding hydrogens is 407 g/mol. The molecular formula is C20H23BN2O6S. The fourth-order valence-corrected chi connectivity index (χ4v) is 4.88. The van der Waals surface area contributed by atoms with Gasteiger partial charge in [0, 0.05) is 29.9 Å². The first-order chi connectivity index (χ1) is 14.2. The van der Waals surface area contributed by atoms with Crippen molar-refractivity contribution in [1.29, 1.82) is 0 Å². The van der Waals surface area contributed by atoms with Gasteiger partial charge in [-0.3, -0.25) is 4.79 Å². The van der Waals surface area contributed by atoms with E-state index in [9.17, 15) is 18.3 Å². The van der Waals surface area contributed by atoms with E-state index in [1.807, 2.05) is 0 Å². The second-order valence-electron chi connectivity index (χ2n) is 7.07. The number of carbonyl (C=O) groups excluding carboxylic acids is 1. The number of carbonyl (C=O) groups is 1. The normalized spacial score (nSPS) is 14.9. The Bertz CT molecular complexity index is 1100. The Hall–Kier alpha value is -2.66. The van der Waals surface area contributed by atoms with E-state index in [0.717, 1.165) is 4.31 Å². The number of phenolic OH excluding ortho intramolecular Hbond substituents is 1. The molecule has 1 amide bonds. The Morgan fingerprint density at radius 3 is 2.40 bits per heavy atom. The molecule has 0 fully saturated rings. The lowest BCUT2D eigenvalue weighted by molar-refractivity contribution is -0.110. The summed E-state index contributed by atoms with van der Waals surface area (Å²) in [6.07, 6.45) is 1.65. The van der Waals surface area contributed by atoms with Crippen molar-refractivity contribution < 1.29 is 28.5 Å². The topological polar surface area (TPSA) is 127 Å². The lowest BCUT2D eigenvalue weighted by Gasteiger charge is -2.20. The van der Waals surface area contributed by atoms with Gasteiger partial charge in [0.25, 0.3) is 5.91 Å². The van der Waals surface area contributed by atoms with E-state index < -0.39 is 10.0 Å². The Morgan fingerprint density at radius 1 is 1.13 bits per heavy atom. The number of nitrogens with zero attached hydrogens (tertiary/aromatic N) is 1. The molecule has 0 atom stereocenters. The lowest BCUT2D eigenvalue weighted by Crippen LogP contribution is -2.35. The fraction of sp³-hybridized carbons (Fsp3) is 0.250. The summed E-state index contributed by atoms with van der Waals surface area (Å²) < 4.78 is 26.9. The molecule has 0 saturated carbocycles. The maximum Gasteiger partial charge on any atom is 0.256 e. The molecule has 4 N–H and O–H groups in total. The molecule has 2 aromatic carbocycles. The van der Waals surface area contributed by atoms with Gasteiger partial charge < -0.3 is 20.6 Å². The van der Waals surface area contributed by atoms with Crippen LogP contribution in [0, 0.1) is 6.92 Å². The Labute approximate surface area is 175 Å². The standard InChI is InChI=1S/C20H23BN2O6S/c1-12-8-13(10-17(21)19(12)26)9-16-15-11-14(2-3-18(15)22-20(16)27)30(28,29)23(4-6-24)5-7-25/h2-3,8-11,24-26H,4-7,21H2,1H3,(H,22,27)/b16-9-. The Balaban J connectivity index is 2.07. The number of anilines is 1. The number of hydrogen-bond acceptors (Lipinski definition) is 6. The van der Waals surface area contributed by atoms with E-state index in [1.54, 1.807) is 33.0 Å². The molecule has 1 aliphatic heterocycles. The van der Waals surface area contributed by atoms with Crippen LogP contribution >= 0.6 is 0 Å². The van der Waals surface area contributed by atoms with Gasteiger partial charge in [0.15, 0.2) is 0 Å². The van der Waals surface area contributed by atoms with Gasteiger partial charge >= 0.3 is 0 Å². The smallest absolute Gasteiger partial charge is 0.256 e. The number of aryl methyl sites for hydroxylation is 1. The van der Waals surface area contributed by atoms with Gasteiger partial charge in [-0.1, -0.05) is 6.07 Å². The summed E-state index contributed by atoms with van der Waals surface area (Å²) in [6.45, 7) is 0.705. The van der Waals surface area contributed by atoms with Crippen LogP contribution in [-0.2, 0) is 14.8 Å². The zero-order chi connectivity index (χ0) is 22.1. The second kappa shape index (κ2) is 8.61. The highest BCUT2D eigenvalue weighted by Crippen LogP contribution is 2.35. The minimum absolute atomic E-state index is 0.0383. The maximum absolute atomic E-state index is 12.9. The number of sulfonamides is 1. The van der Waals surface area contributed by atoms with Crippen molar-refractivity contribution in [3.8, 4) is 5.75 Å². The van der Waals surface area contributed by atoms with Crippen molar-refractivity contribution in [3.63, 3.8) is 0 Å². The first-order valence-corrected chi connectivity index (χ1v) is 10.8. The highest BCUT2D eigenvalue weighted by molar-refractivity contribution is 7.89. The SMILES string of the molecule is Bc1cc(/C=C2\C(=O)Nc3ccc(S(=O)(=O)N(CCO)CCO)cc32)cc(C)c1O. The van der Waals surface area contributed by atoms with Gasteiger partial charge in [-0.05, 0) is 53.9 Å². The predicted molar refractivity (Wildman–Crippen MR) is 117 cm³/mol. The van der Waals surface area contributed by atoms with Crippen LogP contribution in [0.1, 0.15) is 16.7 Å². The van der Waals surface area contributed by atoms with Gasteiger partial charge in [-0.25, -0.2) is 8.42 Å². The monoisotopic (exact) mass is 430 g/mol. The highest BCUT2D eigenvalue weighted by atomic mass is 32.2. The summed E-state index contributed by atoms with van der Waals surface area (Å²) in [5.74, 6) is -0.167. The van der Waals surface area contributed by atoms with Crippen molar-refractivity contribution in [2.45, 2.75) is 11.8 Å². The summed E-state index contributed by atoms with van der Waals surface area (Å²) >= 11 is 0. The molecule has 3 rings (SSSR count). The van der Waals surface area contributed by atoms with Crippen LogP contribution in [0.15, 0.2) is 35.2 Å². The van der Waals surface area contributed by atoms with Crippen molar-refractivity contribution in [2.24, 2.45) is 0 Å². The first-order valence-electron chi connectivity index (χ1n) is 9.38. The van der Waals surface area contributed by atoms with Crippen LogP contribution in [-0.4, -0.2) is 68.1 Å². The second-order valence-corrected chi connectivity index (χ2v) is 9.01. The molecule has 0 saturated heterocycles. The molecule has 0 radical (unpaired) electrons. The minimum atomic E-state index is -3.97. The number of nitrogens with one attached hydrogen (secondary N) is 1. The van der Waals surface area contributed by atoms with E-state index in [1.165, 1.54) is 18.2 Å². The average Bonchev–Trinajstić information content (AvgIpc) is 3.00. The summed E-state index contributed by atoms with van der Waals surface area (Å²) in [5.41, 5.74) is 3.28. The molecule has 0 aliphatic carbocycles. The molecule has 8 nitrogen and oxygen atoms in total. The summed E-state index contributed by atoms with van der Waals surface area (Å²) in [7, 11) is -2.21. The summed E-state index contributed by atoms with van der Waals surface area (Å²) in [4.78, 5) is 12.5. The predicted octanol–water partition coefficient (Wildman–Crippen LogP) is -0.573. The van der Waals surface area contributed by atoms with E-state index in [4.69, 9.17) is 10.2 Å². The van der Waals surface area contributed by atoms with Gasteiger partial charge in [0.2, 0.25) is 10.0 Å². The van der Waals surface area contributed by atoms with Gasteiger partial charge in [0.05, 0.1) is 18.1 Å². The number of fused-ring (bicyclic) bond motifs is 1. The molecule has 2 aromatic rings. The number of rotatable bonds is 7.